The Morgan fingerprint density at radius 3 is 2.48 bits per heavy atom. The molecule has 0 aromatic heterocycles. The molecule has 4 rings (SSSR count). The smallest absolute Gasteiger partial charge is 0.139 e. The molecular weight excluding hydrogens is 312 g/mol. The molecule has 0 aromatic rings. The predicted molar refractivity (Wildman–Crippen MR) is 97.1 cm³/mol. The summed E-state index contributed by atoms with van der Waals surface area (Å²) in [5, 5.41) is 0. The van der Waals surface area contributed by atoms with Crippen molar-refractivity contribution in [2.45, 2.75) is 91.3 Å². The van der Waals surface area contributed by atoms with Gasteiger partial charge in [-0.2, -0.15) is 0 Å². The number of hydrogen-bond acceptors (Lipinski definition) is 3. The lowest BCUT2D eigenvalue weighted by Gasteiger charge is -2.59. The lowest BCUT2D eigenvalue weighted by atomic mass is 9.45. The van der Waals surface area contributed by atoms with Gasteiger partial charge >= 0.3 is 0 Å². The van der Waals surface area contributed by atoms with Crippen LogP contribution in [-0.2, 0) is 14.3 Å². The van der Waals surface area contributed by atoms with E-state index < -0.39 is 0 Å². The van der Waals surface area contributed by atoms with Crippen LogP contribution in [0.1, 0.15) is 79.1 Å². The summed E-state index contributed by atoms with van der Waals surface area (Å²) in [7, 11) is 0. The predicted octanol–water partition coefficient (Wildman–Crippen LogP) is 4.57. The van der Waals surface area contributed by atoms with Gasteiger partial charge in [-0.15, -0.1) is 0 Å². The van der Waals surface area contributed by atoms with Gasteiger partial charge in [0.1, 0.15) is 11.6 Å². The third-order valence-corrected chi connectivity index (χ3v) is 8.43. The molecule has 0 spiro atoms. The molecule has 0 radical (unpaired) electrons. The van der Waals surface area contributed by atoms with E-state index >= 15 is 0 Å². The molecule has 4 aliphatic carbocycles. The minimum absolute atomic E-state index is 0.0742. The van der Waals surface area contributed by atoms with E-state index in [1.165, 1.54) is 12.8 Å². The average molecular weight is 347 g/mol. The van der Waals surface area contributed by atoms with Crippen molar-refractivity contribution in [2.75, 3.05) is 0 Å². The SMILES string of the molecule is CC(C)OC1CCC2CCC3C4CCC(=O)C4(C)CC(=O)C3C2(C)C1. The van der Waals surface area contributed by atoms with Gasteiger partial charge in [0.15, 0.2) is 0 Å². The van der Waals surface area contributed by atoms with Crippen LogP contribution in [0.4, 0.5) is 0 Å². The van der Waals surface area contributed by atoms with Gasteiger partial charge in [-0.05, 0) is 75.5 Å². The van der Waals surface area contributed by atoms with Crippen LogP contribution in [0.5, 0.6) is 0 Å². The van der Waals surface area contributed by atoms with Gasteiger partial charge in [0, 0.05) is 24.2 Å². The second kappa shape index (κ2) is 5.90. The van der Waals surface area contributed by atoms with Crippen LogP contribution in [0, 0.1) is 34.5 Å². The van der Waals surface area contributed by atoms with Gasteiger partial charge in [-0.25, -0.2) is 0 Å². The Balaban J connectivity index is 1.64. The molecule has 0 amide bonds. The number of ketones is 2. The van der Waals surface area contributed by atoms with Crippen molar-refractivity contribution < 1.29 is 14.3 Å². The Kier molecular flexibility index (Phi) is 4.18. The molecule has 3 heteroatoms. The summed E-state index contributed by atoms with van der Waals surface area (Å²) in [6, 6.07) is 0. The number of hydrogen-bond donors (Lipinski definition) is 0. The van der Waals surface area contributed by atoms with Gasteiger partial charge in [0.2, 0.25) is 0 Å². The average Bonchev–Trinajstić information content (AvgIpc) is 2.80. The Hall–Kier alpha value is -0.700. The standard InChI is InChI=1S/C22H34O3/c1-13(2)25-15-7-5-14-6-8-16-17-9-10-19(24)22(17,4)12-18(23)20(16)21(14,3)11-15/h13-17,20H,5-12H2,1-4H3. The quantitative estimate of drug-likeness (QED) is 0.735. The van der Waals surface area contributed by atoms with Crippen molar-refractivity contribution in [1.82, 2.24) is 0 Å². The van der Waals surface area contributed by atoms with Crippen molar-refractivity contribution in [3.63, 3.8) is 0 Å². The Labute approximate surface area is 152 Å². The molecule has 4 aliphatic rings. The van der Waals surface area contributed by atoms with Crippen molar-refractivity contribution in [2.24, 2.45) is 34.5 Å². The first-order chi connectivity index (χ1) is 11.8. The summed E-state index contributed by atoms with van der Waals surface area (Å²) in [5.41, 5.74) is -0.283. The Morgan fingerprint density at radius 2 is 1.76 bits per heavy atom. The minimum Gasteiger partial charge on any atom is -0.376 e. The van der Waals surface area contributed by atoms with Gasteiger partial charge in [0.05, 0.1) is 12.2 Å². The van der Waals surface area contributed by atoms with E-state index in [-0.39, 0.29) is 22.9 Å². The van der Waals surface area contributed by atoms with Crippen molar-refractivity contribution in [3.05, 3.63) is 0 Å². The van der Waals surface area contributed by atoms with Crippen LogP contribution in [0.3, 0.4) is 0 Å². The molecule has 0 aliphatic heterocycles. The number of rotatable bonds is 2. The Bertz CT molecular complexity index is 582. The van der Waals surface area contributed by atoms with E-state index in [1.807, 2.05) is 0 Å². The van der Waals surface area contributed by atoms with Crippen LogP contribution < -0.4 is 0 Å². The summed E-state index contributed by atoms with van der Waals surface area (Å²) < 4.78 is 6.18. The maximum absolute atomic E-state index is 13.3. The van der Waals surface area contributed by atoms with E-state index in [2.05, 4.69) is 27.7 Å². The zero-order chi connectivity index (χ0) is 18.0. The van der Waals surface area contributed by atoms with Crippen molar-refractivity contribution in [1.29, 1.82) is 0 Å². The largest absolute Gasteiger partial charge is 0.376 e. The highest BCUT2D eigenvalue weighted by Gasteiger charge is 2.63. The van der Waals surface area contributed by atoms with Crippen molar-refractivity contribution >= 4 is 11.6 Å². The summed E-state index contributed by atoms with van der Waals surface area (Å²) in [6.45, 7) is 8.68. The molecule has 4 fully saturated rings. The molecule has 0 saturated heterocycles. The van der Waals surface area contributed by atoms with Crippen LogP contribution in [0.2, 0.25) is 0 Å². The Morgan fingerprint density at radius 1 is 1.04 bits per heavy atom. The maximum atomic E-state index is 13.3. The highest BCUT2D eigenvalue weighted by Crippen LogP contribution is 2.64. The summed E-state index contributed by atoms with van der Waals surface area (Å²) >= 11 is 0. The first-order valence-corrected chi connectivity index (χ1v) is 10.5. The molecule has 0 heterocycles. The normalized spacial score (nSPS) is 49.7. The molecule has 3 nitrogen and oxygen atoms in total. The van der Waals surface area contributed by atoms with E-state index in [9.17, 15) is 9.59 Å². The molecule has 0 aromatic carbocycles. The minimum atomic E-state index is -0.357. The third kappa shape index (κ3) is 2.56. The summed E-state index contributed by atoms with van der Waals surface area (Å²) in [4.78, 5) is 25.8. The number of Topliss-reactive ketones (excluding diaryl/α,β-unsaturated/α-hetero) is 2. The summed E-state index contributed by atoms with van der Waals surface area (Å²) in [6.07, 6.45) is 8.51. The van der Waals surface area contributed by atoms with Gasteiger partial charge in [-0.3, -0.25) is 9.59 Å². The van der Waals surface area contributed by atoms with E-state index in [4.69, 9.17) is 4.74 Å². The zero-order valence-corrected chi connectivity index (χ0v) is 16.3. The van der Waals surface area contributed by atoms with E-state index in [0.717, 1.165) is 25.7 Å². The first kappa shape index (κ1) is 17.7. The zero-order valence-electron chi connectivity index (χ0n) is 16.3. The maximum Gasteiger partial charge on any atom is 0.139 e. The van der Waals surface area contributed by atoms with Gasteiger partial charge < -0.3 is 4.74 Å². The molecule has 7 atom stereocenters. The fourth-order valence-corrected chi connectivity index (χ4v) is 7.41. The lowest BCUT2D eigenvalue weighted by molar-refractivity contribution is -0.167. The fourth-order valence-electron chi connectivity index (χ4n) is 7.41. The highest BCUT2D eigenvalue weighted by molar-refractivity contribution is 5.95. The third-order valence-electron chi connectivity index (χ3n) is 8.43. The van der Waals surface area contributed by atoms with Crippen LogP contribution in [-0.4, -0.2) is 23.8 Å². The lowest BCUT2D eigenvalue weighted by Crippen LogP contribution is -2.58. The second-order valence-corrected chi connectivity index (χ2v) is 10.1. The monoisotopic (exact) mass is 346 g/mol. The van der Waals surface area contributed by atoms with Gasteiger partial charge in [-0.1, -0.05) is 13.8 Å². The van der Waals surface area contributed by atoms with Crippen LogP contribution >= 0.6 is 0 Å². The van der Waals surface area contributed by atoms with E-state index in [1.54, 1.807) is 0 Å². The molecule has 0 N–H and O–H groups in total. The van der Waals surface area contributed by atoms with E-state index in [0.29, 0.717) is 48.3 Å². The van der Waals surface area contributed by atoms with Crippen LogP contribution in [0.25, 0.3) is 0 Å². The number of carbonyl (C=O) groups excluding carboxylic acids is 2. The van der Waals surface area contributed by atoms with Gasteiger partial charge in [0.25, 0.3) is 0 Å². The van der Waals surface area contributed by atoms with Crippen LogP contribution in [0.15, 0.2) is 0 Å². The molecule has 4 saturated carbocycles. The number of ether oxygens (including phenoxy) is 1. The topological polar surface area (TPSA) is 43.4 Å². The molecule has 25 heavy (non-hydrogen) atoms. The second-order valence-electron chi connectivity index (χ2n) is 10.1. The molecule has 7 unspecified atom stereocenters. The molecular formula is C22H34O3. The molecule has 0 bridgehead atoms. The summed E-state index contributed by atoms with van der Waals surface area (Å²) in [5.74, 6) is 2.42. The molecule has 140 valence electrons. The highest BCUT2D eigenvalue weighted by atomic mass is 16.5. The number of fused-ring (bicyclic) bond motifs is 5. The number of carbonyl (C=O) groups is 2. The fraction of sp³-hybridized carbons (Fsp3) is 0.909. The van der Waals surface area contributed by atoms with Crippen molar-refractivity contribution in [3.8, 4) is 0 Å². The first-order valence-electron chi connectivity index (χ1n) is 10.5.